The van der Waals surface area contributed by atoms with Gasteiger partial charge in [-0.3, -0.25) is 4.98 Å². The van der Waals surface area contributed by atoms with E-state index in [0.717, 1.165) is 36.4 Å². The van der Waals surface area contributed by atoms with Crippen LogP contribution in [0.3, 0.4) is 0 Å². The number of nitrogens with one attached hydrogen (secondary N) is 1. The number of hydrogen-bond acceptors (Lipinski definition) is 5. The predicted molar refractivity (Wildman–Crippen MR) is 104 cm³/mol. The van der Waals surface area contributed by atoms with Gasteiger partial charge in [-0.2, -0.15) is 5.10 Å². The van der Waals surface area contributed by atoms with Gasteiger partial charge in [-0.1, -0.05) is 0 Å². The van der Waals surface area contributed by atoms with Crippen molar-refractivity contribution < 1.29 is 9.53 Å². The monoisotopic (exact) mass is 378 g/mol. The Balaban J connectivity index is 1.44. The number of hydrogen-bond donors (Lipinski definition) is 1. The lowest BCUT2D eigenvalue weighted by atomic mass is 10.2. The molecule has 2 aromatic heterocycles. The van der Waals surface area contributed by atoms with Crippen molar-refractivity contribution in [3.63, 3.8) is 0 Å². The van der Waals surface area contributed by atoms with Crippen LogP contribution in [0.4, 0.5) is 10.5 Å². The van der Waals surface area contributed by atoms with E-state index in [-0.39, 0.29) is 12.1 Å². The minimum absolute atomic E-state index is 0.0854. The van der Waals surface area contributed by atoms with Crippen molar-refractivity contribution in [1.29, 1.82) is 0 Å². The molecule has 144 valence electrons. The molecule has 8 heteroatoms. The largest absolute Gasteiger partial charge is 0.376 e. The quantitative estimate of drug-likeness (QED) is 0.713. The summed E-state index contributed by atoms with van der Waals surface area (Å²) in [5.41, 5.74) is 2.63. The van der Waals surface area contributed by atoms with Crippen LogP contribution >= 0.6 is 0 Å². The number of rotatable bonds is 6. The van der Waals surface area contributed by atoms with Gasteiger partial charge in [-0.25, -0.2) is 14.5 Å². The number of amides is 2. The molecule has 1 aliphatic heterocycles. The van der Waals surface area contributed by atoms with Crippen molar-refractivity contribution in [2.24, 2.45) is 0 Å². The van der Waals surface area contributed by atoms with E-state index in [2.05, 4.69) is 20.4 Å². The maximum absolute atomic E-state index is 12.9. The first-order valence-corrected chi connectivity index (χ1v) is 9.29. The number of aromatic nitrogens is 4. The second-order valence-corrected chi connectivity index (χ2v) is 6.69. The number of carbonyl (C=O) groups excluding carboxylic acids is 1. The van der Waals surface area contributed by atoms with Crippen molar-refractivity contribution in [2.45, 2.75) is 25.5 Å². The van der Waals surface area contributed by atoms with Gasteiger partial charge < -0.3 is 15.0 Å². The van der Waals surface area contributed by atoms with Crippen LogP contribution < -0.4 is 5.32 Å². The number of urea groups is 1. The molecule has 0 saturated carbocycles. The van der Waals surface area contributed by atoms with Crippen LogP contribution in [0.15, 0.2) is 61.4 Å². The molecule has 0 spiro atoms. The minimum atomic E-state index is -0.152. The zero-order valence-electron chi connectivity index (χ0n) is 15.4. The molecule has 2 amide bonds. The molecule has 3 aromatic rings. The molecule has 4 rings (SSSR count). The summed E-state index contributed by atoms with van der Waals surface area (Å²) in [7, 11) is 0. The highest BCUT2D eigenvalue weighted by atomic mass is 16.5. The van der Waals surface area contributed by atoms with Crippen LogP contribution in [-0.4, -0.2) is 49.9 Å². The van der Waals surface area contributed by atoms with E-state index in [1.165, 1.54) is 6.33 Å². The summed E-state index contributed by atoms with van der Waals surface area (Å²) in [5.74, 6) is 0. The predicted octanol–water partition coefficient (Wildman–Crippen LogP) is 2.88. The maximum atomic E-state index is 12.9. The summed E-state index contributed by atoms with van der Waals surface area (Å²) >= 11 is 0. The first-order chi connectivity index (χ1) is 13.8. The summed E-state index contributed by atoms with van der Waals surface area (Å²) in [6.45, 7) is 1.83. The van der Waals surface area contributed by atoms with Gasteiger partial charge in [0, 0.05) is 37.8 Å². The van der Waals surface area contributed by atoms with Crippen LogP contribution in [0.1, 0.15) is 18.4 Å². The zero-order valence-corrected chi connectivity index (χ0v) is 15.4. The molecule has 0 aliphatic carbocycles. The lowest BCUT2D eigenvalue weighted by molar-refractivity contribution is 0.0819. The van der Waals surface area contributed by atoms with Crippen LogP contribution in [0.25, 0.3) is 5.69 Å². The average Bonchev–Trinajstić information content (AvgIpc) is 3.43. The fourth-order valence-corrected chi connectivity index (χ4v) is 3.20. The van der Waals surface area contributed by atoms with E-state index in [4.69, 9.17) is 4.74 Å². The van der Waals surface area contributed by atoms with E-state index < -0.39 is 0 Å². The molecule has 3 heterocycles. The molecule has 1 fully saturated rings. The average molecular weight is 378 g/mol. The van der Waals surface area contributed by atoms with E-state index >= 15 is 0 Å². The Bertz CT molecular complexity index is 877. The van der Waals surface area contributed by atoms with Crippen molar-refractivity contribution >= 4 is 11.7 Å². The standard InChI is InChI=1S/C20H22N6O2/c27-20(24-17-3-5-18(6-4-17)26-15-22-14-23-26)25(13-19-2-1-11-28-19)12-16-7-9-21-10-8-16/h3-10,14-15,19H,1-2,11-13H2,(H,24,27)/t19-/m0/s1. The number of anilines is 1. The summed E-state index contributed by atoms with van der Waals surface area (Å²) < 4.78 is 7.39. The Morgan fingerprint density at radius 1 is 1.18 bits per heavy atom. The zero-order chi connectivity index (χ0) is 19.2. The third-order valence-corrected chi connectivity index (χ3v) is 4.66. The Morgan fingerprint density at radius 3 is 2.68 bits per heavy atom. The maximum Gasteiger partial charge on any atom is 0.322 e. The van der Waals surface area contributed by atoms with Gasteiger partial charge in [0.15, 0.2) is 0 Å². The highest BCUT2D eigenvalue weighted by Gasteiger charge is 2.23. The second-order valence-electron chi connectivity index (χ2n) is 6.69. The fourth-order valence-electron chi connectivity index (χ4n) is 3.20. The van der Waals surface area contributed by atoms with Gasteiger partial charge >= 0.3 is 6.03 Å². The van der Waals surface area contributed by atoms with Gasteiger partial charge in [0.05, 0.1) is 11.8 Å². The minimum Gasteiger partial charge on any atom is -0.376 e. The van der Waals surface area contributed by atoms with E-state index in [9.17, 15) is 4.79 Å². The molecule has 8 nitrogen and oxygen atoms in total. The van der Waals surface area contributed by atoms with Crippen LogP contribution in [0, 0.1) is 0 Å². The molecular weight excluding hydrogens is 356 g/mol. The SMILES string of the molecule is O=C(Nc1ccc(-n2cncn2)cc1)N(Cc1ccncc1)C[C@@H]1CCCO1. The Hall–Kier alpha value is -3.26. The van der Waals surface area contributed by atoms with E-state index in [1.807, 2.05) is 36.4 Å². The lowest BCUT2D eigenvalue weighted by Crippen LogP contribution is -2.39. The van der Waals surface area contributed by atoms with Crippen molar-refractivity contribution in [2.75, 3.05) is 18.5 Å². The summed E-state index contributed by atoms with van der Waals surface area (Å²) in [5, 5.41) is 7.08. The molecule has 28 heavy (non-hydrogen) atoms. The van der Waals surface area contributed by atoms with Crippen molar-refractivity contribution in [1.82, 2.24) is 24.6 Å². The number of benzene rings is 1. The molecule has 0 unspecified atom stereocenters. The van der Waals surface area contributed by atoms with Gasteiger partial charge in [-0.05, 0) is 54.8 Å². The van der Waals surface area contributed by atoms with Crippen LogP contribution in [-0.2, 0) is 11.3 Å². The van der Waals surface area contributed by atoms with Gasteiger partial charge in [0.25, 0.3) is 0 Å². The number of ether oxygens (including phenoxy) is 1. The Morgan fingerprint density at radius 2 is 2.00 bits per heavy atom. The number of nitrogens with zero attached hydrogens (tertiary/aromatic N) is 5. The topological polar surface area (TPSA) is 85.2 Å². The molecular formula is C20H22N6O2. The highest BCUT2D eigenvalue weighted by Crippen LogP contribution is 2.17. The van der Waals surface area contributed by atoms with E-state index in [0.29, 0.717) is 13.1 Å². The van der Waals surface area contributed by atoms with Gasteiger partial charge in [0.2, 0.25) is 0 Å². The summed E-state index contributed by atoms with van der Waals surface area (Å²) in [4.78, 5) is 22.7. The smallest absolute Gasteiger partial charge is 0.322 e. The van der Waals surface area contributed by atoms with Crippen molar-refractivity contribution in [3.8, 4) is 5.69 Å². The molecule has 1 N–H and O–H groups in total. The Kier molecular flexibility index (Phi) is 5.58. The lowest BCUT2D eigenvalue weighted by Gasteiger charge is -2.26. The van der Waals surface area contributed by atoms with Crippen molar-refractivity contribution in [3.05, 3.63) is 67.0 Å². The second kappa shape index (κ2) is 8.62. The van der Waals surface area contributed by atoms with Crippen LogP contribution in [0.2, 0.25) is 0 Å². The highest BCUT2D eigenvalue weighted by molar-refractivity contribution is 5.89. The summed E-state index contributed by atoms with van der Waals surface area (Å²) in [6, 6.07) is 11.2. The number of carbonyl (C=O) groups is 1. The third-order valence-electron chi connectivity index (χ3n) is 4.66. The molecule has 1 saturated heterocycles. The molecule has 0 radical (unpaired) electrons. The first kappa shape index (κ1) is 18.1. The van der Waals surface area contributed by atoms with Gasteiger partial charge in [0.1, 0.15) is 12.7 Å². The van der Waals surface area contributed by atoms with E-state index in [1.54, 1.807) is 28.3 Å². The van der Waals surface area contributed by atoms with Crippen LogP contribution in [0.5, 0.6) is 0 Å². The Labute approximate surface area is 163 Å². The molecule has 1 atom stereocenters. The summed E-state index contributed by atoms with van der Waals surface area (Å²) in [6.07, 6.45) is 8.69. The van der Waals surface area contributed by atoms with Gasteiger partial charge in [-0.15, -0.1) is 0 Å². The molecule has 1 aliphatic rings. The fraction of sp³-hybridized carbons (Fsp3) is 0.300. The molecule has 0 bridgehead atoms. The molecule has 1 aromatic carbocycles. The third kappa shape index (κ3) is 4.52. The first-order valence-electron chi connectivity index (χ1n) is 9.29. The number of pyridine rings is 1. The normalized spacial score (nSPS) is 16.1.